The van der Waals surface area contributed by atoms with Crippen LogP contribution in [0.4, 0.5) is 13.2 Å². The molecule has 2 aromatic carbocycles. The van der Waals surface area contributed by atoms with Crippen LogP contribution in [0.3, 0.4) is 0 Å². The number of nitrogens with zero attached hydrogens (tertiary/aromatic N) is 1. The van der Waals surface area contributed by atoms with E-state index in [-0.39, 0.29) is 23.6 Å². The zero-order valence-corrected chi connectivity index (χ0v) is 16.7. The Morgan fingerprint density at radius 1 is 1.06 bits per heavy atom. The van der Waals surface area contributed by atoms with Gasteiger partial charge >= 0.3 is 18.1 Å². The topological polar surface area (TPSA) is 74.7 Å². The second kappa shape index (κ2) is 9.03. The van der Waals surface area contributed by atoms with Crippen LogP contribution in [0.15, 0.2) is 48.5 Å². The minimum absolute atomic E-state index is 0.123. The van der Waals surface area contributed by atoms with E-state index in [0.717, 1.165) is 17.5 Å². The van der Waals surface area contributed by atoms with Crippen LogP contribution in [-0.2, 0) is 27.1 Å². The van der Waals surface area contributed by atoms with Crippen molar-refractivity contribution < 1.29 is 37.0 Å². The van der Waals surface area contributed by atoms with Crippen molar-refractivity contribution in [1.29, 1.82) is 0 Å². The molecule has 0 bridgehead atoms. The molecule has 1 heterocycles. The van der Waals surface area contributed by atoms with Gasteiger partial charge in [-0.05, 0) is 36.8 Å². The molecule has 0 aliphatic heterocycles. The lowest BCUT2D eigenvalue weighted by molar-refractivity contribution is -0.147. The number of para-hydroxylation sites is 1. The summed E-state index contributed by atoms with van der Waals surface area (Å²) in [6.45, 7) is 0.792. The SMILES string of the molecule is COC(=O)c1c(COC(=O)COc2cccc(C(F)(F)F)c2)nc2ccccc2c1C. The summed E-state index contributed by atoms with van der Waals surface area (Å²) in [5, 5.41) is 0.755. The van der Waals surface area contributed by atoms with Gasteiger partial charge in [0.25, 0.3) is 0 Å². The summed E-state index contributed by atoms with van der Waals surface area (Å²) in [7, 11) is 1.23. The van der Waals surface area contributed by atoms with Gasteiger partial charge in [-0.15, -0.1) is 0 Å². The molecule has 3 rings (SSSR count). The third kappa shape index (κ3) is 5.11. The second-order valence-electron chi connectivity index (χ2n) is 6.54. The predicted molar refractivity (Wildman–Crippen MR) is 105 cm³/mol. The van der Waals surface area contributed by atoms with Gasteiger partial charge in [0.05, 0.1) is 29.4 Å². The standard InChI is InChI=1S/C22H18F3NO5/c1-13-16-8-3-4-9-17(16)26-18(20(13)21(28)29-2)11-31-19(27)12-30-15-7-5-6-14(10-15)22(23,24)25/h3-10H,11-12H2,1-2H3. The number of hydrogen-bond donors (Lipinski definition) is 0. The van der Waals surface area contributed by atoms with E-state index in [1.54, 1.807) is 19.1 Å². The number of hydrogen-bond acceptors (Lipinski definition) is 6. The summed E-state index contributed by atoms with van der Waals surface area (Å²) < 4.78 is 53.3. The van der Waals surface area contributed by atoms with Crippen molar-refractivity contribution in [1.82, 2.24) is 4.98 Å². The van der Waals surface area contributed by atoms with Gasteiger partial charge in [-0.1, -0.05) is 24.3 Å². The Morgan fingerprint density at radius 2 is 1.81 bits per heavy atom. The zero-order chi connectivity index (χ0) is 22.6. The molecular weight excluding hydrogens is 415 g/mol. The first-order valence-electron chi connectivity index (χ1n) is 9.13. The Labute approximate surface area is 175 Å². The number of aromatic nitrogens is 1. The fourth-order valence-electron chi connectivity index (χ4n) is 3.01. The molecule has 162 valence electrons. The number of aryl methyl sites for hydroxylation is 1. The Balaban J connectivity index is 1.72. The predicted octanol–water partition coefficient (Wildman–Crippen LogP) is 4.47. The molecule has 0 amide bonds. The van der Waals surface area contributed by atoms with Gasteiger partial charge in [0.2, 0.25) is 0 Å². The molecule has 0 unspecified atom stereocenters. The van der Waals surface area contributed by atoms with Crippen LogP contribution in [0, 0.1) is 6.92 Å². The summed E-state index contributed by atoms with van der Waals surface area (Å²) in [6.07, 6.45) is -4.52. The van der Waals surface area contributed by atoms with Crippen molar-refractivity contribution in [2.24, 2.45) is 0 Å². The summed E-state index contributed by atoms with van der Waals surface area (Å²) in [5.41, 5.74) is 0.739. The molecule has 31 heavy (non-hydrogen) atoms. The molecule has 0 atom stereocenters. The van der Waals surface area contributed by atoms with Crippen LogP contribution in [0.2, 0.25) is 0 Å². The van der Waals surface area contributed by atoms with E-state index in [2.05, 4.69) is 4.98 Å². The molecular formula is C22H18F3NO5. The Kier molecular flexibility index (Phi) is 6.43. The van der Waals surface area contributed by atoms with Crippen LogP contribution in [0.25, 0.3) is 10.9 Å². The van der Waals surface area contributed by atoms with Crippen LogP contribution >= 0.6 is 0 Å². The minimum Gasteiger partial charge on any atom is -0.482 e. The largest absolute Gasteiger partial charge is 0.482 e. The zero-order valence-electron chi connectivity index (χ0n) is 16.7. The lowest BCUT2D eigenvalue weighted by atomic mass is 10.0. The number of ether oxygens (including phenoxy) is 3. The number of benzene rings is 2. The number of methoxy groups -OCH3 is 1. The molecule has 0 saturated carbocycles. The number of esters is 2. The number of carbonyl (C=O) groups excluding carboxylic acids is 2. The van der Waals surface area contributed by atoms with Crippen molar-refractivity contribution in [3.05, 3.63) is 70.9 Å². The third-order valence-electron chi connectivity index (χ3n) is 4.50. The number of rotatable bonds is 6. The molecule has 1 aromatic heterocycles. The number of alkyl halides is 3. The Hall–Kier alpha value is -3.62. The third-order valence-corrected chi connectivity index (χ3v) is 4.50. The maximum absolute atomic E-state index is 12.8. The minimum atomic E-state index is -4.52. The number of halogens is 3. The Morgan fingerprint density at radius 3 is 2.52 bits per heavy atom. The Bertz CT molecular complexity index is 1130. The molecule has 0 radical (unpaired) electrons. The average molecular weight is 433 g/mol. The maximum Gasteiger partial charge on any atom is 0.416 e. The summed E-state index contributed by atoms with van der Waals surface area (Å²) in [5.74, 6) is -1.58. The van der Waals surface area contributed by atoms with E-state index in [9.17, 15) is 22.8 Å². The van der Waals surface area contributed by atoms with Crippen molar-refractivity contribution in [3.8, 4) is 5.75 Å². The van der Waals surface area contributed by atoms with E-state index >= 15 is 0 Å². The molecule has 0 N–H and O–H groups in total. The first-order valence-corrected chi connectivity index (χ1v) is 9.13. The number of carbonyl (C=O) groups is 2. The summed E-state index contributed by atoms with van der Waals surface area (Å²) in [4.78, 5) is 28.7. The lowest BCUT2D eigenvalue weighted by Crippen LogP contribution is -2.18. The van der Waals surface area contributed by atoms with Gasteiger partial charge in [-0.25, -0.2) is 14.6 Å². The quantitative estimate of drug-likeness (QED) is 0.534. The van der Waals surface area contributed by atoms with E-state index in [1.165, 1.54) is 19.2 Å². The van der Waals surface area contributed by atoms with Crippen molar-refractivity contribution in [2.45, 2.75) is 19.7 Å². The highest BCUT2D eigenvalue weighted by Gasteiger charge is 2.30. The second-order valence-corrected chi connectivity index (χ2v) is 6.54. The molecule has 0 aliphatic carbocycles. The van der Waals surface area contributed by atoms with Gasteiger partial charge in [0.1, 0.15) is 12.4 Å². The van der Waals surface area contributed by atoms with Crippen molar-refractivity contribution >= 4 is 22.8 Å². The first-order chi connectivity index (χ1) is 14.7. The van der Waals surface area contributed by atoms with E-state index in [1.807, 2.05) is 12.1 Å². The van der Waals surface area contributed by atoms with Gasteiger partial charge in [-0.2, -0.15) is 13.2 Å². The number of fused-ring (bicyclic) bond motifs is 1. The monoisotopic (exact) mass is 433 g/mol. The highest BCUT2D eigenvalue weighted by atomic mass is 19.4. The molecule has 3 aromatic rings. The normalized spacial score (nSPS) is 11.3. The van der Waals surface area contributed by atoms with E-state index < -0.39 is 30.3 Å². The first kappa shape index (κ1) is 22.1. The van der Waals surface area contributed by atoms with Crippen LogP contribution in [0.5, 0.6) is 5.75 Å². The molecule has 6 nitrogen and oxygen atoms in total. The highest BCUT2D eigenvalue weighted by molar-refractivity contribution is 5.98. The molecule has 0 saturated heterocycles. The van der Waals surface area contributed by atoms with E-state index in [0.29, 0.717) is 11.1 Å². The van der Waals surface area contributed by atoms with E-state index in [4.69, 9.17) is 14.2 Å². The van der Waals surface area contributed by atoms with Gasteiger partial charge in [0.15, 0.2) is 6.61 Å². The summed E-state index contributed by atoms with van der Waals surface area (Å²) in [6, 6.07) is 11.3. The lowest BCUT2D eigenvalue weighted by Gasteiger charge is -2.14. The molecule has 9 heteroatoms. The summed E-state index contributed by atoms with van der Waals surface area (Å²) >= 11 is 0. The molecule has 0 spiro atoms. The van der Waals surface area contributed by atoms with Gasteiger partial charge in [0, 0.05) is 5.39 Å². The van der Waals surface area contributed by atoms with Gasteiger partial charge < -0.3 is 14.2 Å². The van der Waals surface area contributed by atoms with Crippen molar-refractivity contribution in [2.75, 3.05) is 13.7 Å². The average Bonchev–Trinajstić information content (AvgIpc) is 2.75. The van der Waals surface area contributed by atoms with Crippen LogP contribution < -0.4 is 4.74 Å². The smallest absolute Gasteiger partial charge is 0.416 e. The molecule has 0 fully saturated rings. The number of pyridine rings is 1. The van der Waals surface area contributed by atoms with Crippen molar-refractivity contribution in [3.63, 3.8) is 0 Å². The molecule has 0 aliphatic rings. The fraction of sp³-hybridized carbons (Fsp3) is 0.227. The van der Waals surface area contributed by atoms with Gasteiger partial charge in [-0.3, -0.25) is 0 Å². The fourth-order valence-corrected chi connectivity index (χ4v) is 3.01. The van der Waals surface area contributed by atoms with Crippen LogP contribution in [-0.4, -0.2) is 30.6 Å². The van der Waals surface area contributed by atoms with Crippen LogP contribution in [0.1, 0.15) is 27.2 Å². The maximum atomic E-state index is 12.8. The highest BCUT2D eigenvalue weighted by Crippen LogP contribution is 2.31.